The second-order valence-corrected chi connectivity index (χ2v) is 22.1. The van der Waals surface area contributed by atoms with E-state index in [2.05, 4.69) is 43.5 Å². The SMILES string of the molecule is CCCCCC/C=C\C/C=C\CCCCCCCC(=O)OCCCCCCCCCCCCCCCCCCCCCCCCCCCC(=O)NC(CO)C(O)/C=C/CCCCCCCCCCCCCC. The van der Waals surface area contributed by atoms with Gasteiger partial charge in [0.25, 0.3) is 0 Å². The summed E-state index contributed by atoms with van der Waals surface area (Å²) in [7, 11) is 0. The first kappa shape index (κ1) is 70.1. The van der Waals surface area contributed by atoms with Gasteiger partial charge in [-0.3, -0.25) is 9.59 Å². The van der Waals surface area contributed by atoms with E-state index in [0.717, 1.165) is 51.4 Å². The van der Waals surface area contributed by atoms with E-state index >= 15 is 0 Å². The van der Waals surface area contributed by atoms with Gasteiger partial charge in [0, 0.05) is 12.8 Å². The summed E-state index contributed by atoms with van der Waals surface area (Å²) in [5.41, 5.74) is 0. The minimum atomic E-state index is -0.843. The standard InChI is InChI=1S/C66H125NO5/c1-3-5-7-9-11-13-15-17-19-32-36-40-44-48-52-56-60-66(71)72-61-57-53-49-45-41-37-33-30-28-26-24-22-20-21-23-25-27-29-31-35-39-43-47-51-55-59-65(70)67-63(62-68)64(69)58-54-50-46-42-38-34-18-16-14-12-10-8-6-4-2/h13,15,19,32,54,58,63-64,68-69H,3-12,14,16-18,20-31,33-53,55-57,59-62H2,1-2H3,(H,67,70)/b15-13-,32-19-,58-54+. The molecule has 0 saturated carbocycles. The summed E-state index contributed by atoms with van der Waals surface area (Å²) in [4.78, 5) is 24.5. The lowest BCUT2D eigenvalue weighted by atomic mass is 10.0. The third kappa shape index (κ3) is 57.4. The first-order chi connectivity index (χ1) is 35.5. The van der Waals surface area contributed by atoms with E-state index in [1.165, 1.54) is 270 Å². The van der Waals surface area contributed by atoms with Crippen molar-refractivity contribution in [1.82, 2.24) is 5.32 Å². The molecule has 0 bridgehead atoms. The van der Waals surface area contributed by atoms with Crippen LogP contribution in [-0.4, -0.2) is 47.4 Å². The molecule has 3 N–H and O–H groups in total. The molecule has 0 spiro atoms. The van der Waals surface area contributed by atoms with Crippen LogP contribution in [0.3, 0.4) is 0 Å². The van der Waals surface area contributed by atoms with E-state index in [9.17, 15) is 19.8 Å². The molecule has 0 heterocycles. The Hall–Kier alpha value is -1.92. The quantitative estimate of drug-likeness (QED) is 0.0320. The number of hydrogen-bond acceptors (Lipinski definition) is 5. The Labute approximate surface area is 449 Å². The molecular weight excluding hydrogens is 887 g/mol. The van der Waals surface area contributed by atoms with Gasteiger partial charge in [0.2, 0.25) is 5.91 Å². The second kappa shape index (κ2) is 61.6. The highest BCUT2D eigenvalue weighted by atomic mass is 16.5. The number of unbranched alkanes of at least 4 members (excludes halogenated alkanes) is 45. The number of carbonyl (C=O) groups is 2. The third-order valence-corrected chi connectivity index (χ3v) is 14.9. The van der Waals surface area contributed by atoms with E-state index in [0.29, 0.717) is 19.4 Å². The van der Waals surface area contributed by atoms with Crippen molar-refractivity contribution in [3.8, 4) is 0 Å². The Bertz CT molecular complexity index is 1170. The highest BCUT2D eigenvalue weighted by molar-refractivity contribution is 5.76. The number of rotatable bonds is 60. The number of aliphatic hydroxyl groups is 2. The Morgan fingerprint density at radius 3 is 1.07 bits per heavy atom. The van der Waals surface area contributed by atoms with Crippen LogP contribution >= 0.6 is 0 Å². The third-order valence-electron chi connectivity index (χ3n) is 14.9. The lowest BCUT2D eigenvalue weighted by Crippen LogP contribution is -2.45. The topological polar surface area (TPSA) is 95.9 Å². The molecule has 2 unspecified atom stereocenters. The van der Waals surface area contributed by atoms with Gasteiger partial charge in [0.1, 0.15) is 0 Å². The predicted molar refractivity (Wildman–Crippen MR) is 315 cm³/mol. The van der Waals surface area contributed by atoms with Crippen LogP contribution in [0.25, 0.3) is 0 Å². The normalized spacial score (nSPS) is 12.8. The predicted octanol–water partition coefficient (Wildman–Crippen LogP) is 20.4. The molecule has 1 amide bonds. The Balaban J connectivity index is 3.38. The maximum Gasteiger partial charge on any atom is 0.305 e. The molecule has 424 valence electrons. The molecule has 6 heteroatoms. The lowest BCUT2D eigenvalue weighted by molar-refractivity contribution is -0.143. The van der Waals surface area contributed by atoms with Gasteiger partial charge in [0.05, 0.1) is 25.4 Å². The molecule has 72 heavy (non-hydrogen) atoms. The van der Waals surface area contributed by atoms with E-state index in [-0.39, 0.29) is 18.5 Å². The van der Waals surface area contributed by atoms with Crippen molar-refractivity contribution in [2.24, 2.45) is 0 Å². The molecule has 0 aromatic carbocycles. The number of ether oxygens (including phenoxy) is 1. The van der Waals surface area contributed by atoms with Gasteiger partial charge in [-0.1, -0.05) is 307 Å². The molecule has 0 aromatic rings. The van der Waals surface area contributed by atoms with Gasteiger partial charge < -0.3 is 20.3 Å². The van der Waals surface area contributed by atoms with Crippen molar-refractivity contribution in [2.75, 3.05) is 13.2 Å². The monoisotopic (exact) mass is 1010 g/mol. The number of amides is 1. The maximum absolute atomic E-state index is 12.5. The zero-order valence-corrected chi connectivity index (χ0v) is 48.4. The summed E-state index contributed by atoms with van der Waals surface area (Å²) >= 11 is 0. The van der Waals surface area contributed by atoms with E-state index in [1.807, 2.05) is 6.08 Å². The Morgan fingerprint density at radius 2 is 0.694 bits per heavy atom. The smallest absolute Gasteiger partial charge is 0.305 e. The van der Waals surface area contributed by atoms with E-state index in [1.54, 1.807) is 6.08 Å². The van der Waals surface area contributed by atoms with Gasteiger partial charge in [-0.25, -0.2) is 0 Å². The summed E-state index contributed by atoms with van der Waals surface area (Å²) in [6, 6.07) is -0.626. The average Bonchev–Trinajstić information content (AvgIpc) is 3.38. The van der Waals surface area contributed by atoms with Crippen LogP contribution in [0.2, 0.25) is 0 Å². The van der Waals surface area contributed by atoms with E-state index in [4.69, 9.17) is 4.74 Å². The van der Waals surface area contributed by atoms with Gasteiger partial charge in [-0.2, -0.15) is 0 Å². The average molecular weight is 1010 g/mol. The molecule has 0 fully saturated rings. The van der Waals surface area contributed by atoms with Gasteiger partial charge in [0.15, 0.2) is 0 Å². The van der Waals surface area contributed by atoms with Crippen molar-refractivity contribution >= 4 is 11.9 Å². The molecule has 0 aromatic heterocycles. The van der Waals surface area contributed by atoms with Gasteiger partial charge >= 0.3 is 5.97 Å². The fourth-order valence-corrected chi connectivity index (χ4v) is 9.96. The molecule has 0 saturated heterocycles. The number of aliphatic hydroxyl groups excluding tert-OH is 2. The minimum absolute atomic E-state index is 0.00256. The molecule has 2 atom stereocenters. The summed E-state index contributed by atoms with van der Waals surface area (Å²) < 4.78 is 5.49. The van der Waals surface area contributed by atoms with Crippen molar-refractivity contribution in [3.05, 3.63) is 36.5 Å². The highest BCUT2D eigenvalue weighted by Gasteiger charge is 2.18. The van der Waals surface area contributed by atoms with Crippen LogP contribution in [0.1, 0.15) is 348 Å². The van der Waals surface area contributed by atoms with Crippen LogP contribution in [0.15, 0.2) is 36.5 Å². The maximum atomic E-state index is 12.5. The molecular formula is C66H125NO5. The number of hydrogen-bond donors (Lipinski definition) is 3. The fourth-order valence-electron chi connectivity index (χ4n) is 9.96. The summed E-state index contributed by atoms with van der Waals surface area (Å²) in [6.07, 6.45) is 77.7. The van der Waals surface area contributed by atoms with Crippen LogP contribution in [0.5, 0.6) is 0 Å². The zero-order valence-electron chi connectivity index (χ0n) is 48.4. The van der Waals surface area contributed by atoms with Crippen molar-refractivity contribution in [2.45, 2.75) is 360 Å². The van der Waals surface area contributed by atoms with Crippen molar-refractivity contribution in [3.63, 3.8) is 0 Å². The first-order valence-corrected chi connectivity index (χ1v) is 32.3. The van der Waals surface area contributed by atoms with Crippen molar-refractivity contribution < 1.29 is 24.5 Å². The zero-order chi connectivity index (χ0) is 52.2. The van der Waals surface area contributed by atoms with Crippen LogP contribution < -0.4 is 5.32 Å². The highest BCUT2D eigenvalue weighted by Crippen LogP contribution is 2.18. The number of carbonyl (C=O) groups excluding carboxylic acids is 2. The fraction of sp³-hybridized carbons (Fsp3) is 0.879. The Kier molecular flexibility index (Phi) is 60.0. The molecule has 0 radical (unpaired) electrons. The minimum Gasteiger partial charge on any atom is -0.466 e. The van der Waals surface area contributed by atoms with Crippen molar-refractivity contribution in [1.29, 1.82) is 0 Å². The van der Waals surface area contributed by atoms with E-state index < -0.39 is 12.1 Å². The van der Waals surface area contributed by atoms with Gasteiger partial charge in [-0.05, 0) is 64.2 Å². The molecule has 0 aliphatic carbocycles. The number of nitrogens with one attached hydrogen (secondary N) is 1. The summed E-state index contributed by atoms with van der Waals surface area (Å²) in [5.74, 6) is -0.0627. The largest absolute Gasteiger partial charge is 0.466 e. The van der Waals surface area contributed by atoms with Crippen LogP contribution in [-0.2, 0) is 14.3 Å². The number of esters is 1. The number of allylic oxidation sites excluding steroid dienone is 5. The van der Waals surface area contributed by atoms with Gasteiger partial charge in [-0.15, -0.1) is 0 Å². The summed E-state index contributed by atoms with van der Waals surface area (Å²) in [5, 5.41) is 23.1. The molecule has 0 aliphatic rings. The molecule has 0 aliphatic heterocycles. The van der Waals surface area contributed by atoms with Crippen LogP contribution in [0, 0.1) is 0 Å². The summed E-state index contributed by atoms with van der Waals surface area (Å²) in [6.45, 7) is 4.90. The second-order valence-electron chi connectivity index (χ2n) is 22.1. The Morgan fingerprint density at radius 1 is 0.389 bits per heavy atom. The van der Waals surface area contributed by atoms with Crippen LogP contribution in [0.4, 0.5) is 0 Å². The molecule has 6 nitrogen and oxygen atoms in total. The molecule has 0 rings (SSSR count). The first-order valence-electron chi connectivity index (χ1n) is 32.3. The lowest BCUT2D eigenvalue weighted by Gasteiger charge is -2.20.